The van der Waals surface area contributed by atoms with E-state index in [1.165, 1.54) is 231 Å². The van der Waals surface area contributed by atoms with E-state index in [4.69, 9.17) is 14.2 Å². The van der Waals surface area contributed by atoms with Crippen molar-refractivity contribution in [2.24, 2.45) is 11.8 Å². The molecule has 0 bridgehead atoms. The van der Waals surface area contributed by atoms with Gasteiger partial charge in [-0.25, -0.2) is 0 Å². The first-order valence-corrected chi connectivity index (χ1v) is 30.2. The van der Waals surface area contributed by atoms with Gasteiger partial charge >= 0.3 is 17.9 Å². The highest BCUT2D eigenvalue weighted by atomic mass is 16.6. The molecule has 0 rings (SSSR count). The molecule has 0 saturated heterocycles. The number of unbranched alkanes of at least 4 members (excludes halogenated alkanes) is 40. The molecular formula is C61H118O6. The lowest BCUT2D eigenvalue weighted by atomic mass is 10.0. The molecule has 0 aliphatic heterocycles. The maximum Gasteiger partial charge on any atom is 0.306 e. The van der Waals surface area contributed by atoms with Crippen LogP contribution in [0.2, 0.25) is 0 Å². The van der Waals surface area contributed by atoms with Gasteiger partial charge < -0.3 is 14.2 Å². The molecule has 0 aliphatic carbocycles. The van der Waals surface area contributed by atoms with Crippen LogP contribution >= 0.6 is 0 Å². The van der Waals surface area contributed by atoms with Gasteiger partial charge in [-0.2, -0.15) is 0 Å². The summed E-state index contributed by atoms with van der Waals surface area (Å²) in [6, 6.07) is 0. The van der Waals surface area contributed by atoms with Crippen molar-refractivity contribution in [1.29, 1.82) is 0 Å². The first-order chi connectivity index (χ1) is 32.7. The van der Waals surface area contributed by atoms with E-state index in [-0.39, 0.29) is 31.1 Å². The summed E-state index contributed by atoms with van der Waals surface area (Å²) >= 11 is 0. The largest absolute Gasteiger partial charge is 0.462 e. The van der Waals surface area contributed by atoms with E-state index in [2.05, 4.69) is 34.6 Å². The third-order valence-corrected chi connectivity index (χ3v) is 14.0. The Kier molecular flexibility index (Phi) is 52.5. The summed E-state index contributed by atoms with van der Waals surface area (Å²) in [6.45, 7) is 11.4. The maximum absolute atomic E-state index is 12.9. The van der Waals surface area contributed by atoms with E-state index in [0.717, 1.165) is 69.6 Å². The second kappa shape index (κ2) is 53.8. The fraction of sp³-hybridized carbons (Fsp3) is 0.951. The second-order valence-corrected chi connectivity index (χ2v) is 21.9. The summed E-state index contributed by atoms with van der Waals surface area (Å²) < 4.78 is 16.9. The van der Waals surface area contributed by atoms with Crippen LogP contribution in [-0.2, 0) is 28.6 Å². The second-order valence-electron chi connectivity index (χ2n) is 21.9. The number of ether oxygens (including phenoxy) is 3. The third kappa shape index (κ3) is 55.2. The lowest BCUT2D eigenvalue weighted by Crippen LogP contribution is -2.30. The Morgan fingerprint density at radius 3 is 0.731 bits per heavy atom. The zero-order valence-corrected chi connectivity index (χ0v) is 46.0. The zero-order chi connectivity index (χ0) is 48.9. The van der Waals surface area contributed by atoms with Crippen LogP contribution in [0.15, 0.2) is 0 Å². The van der Waals surface area contributed by atoms with Gasteiger partial charge in [0.05, 0.1) is 0 Å². The van der Waals surface area contributed by atoms with Gasteiger partial charge in [-0.3, -0.25) is 14.4 Å². The van der Waals surface area contributed by atoms with E-state index >= 15 is 0 Å². The minimum absolute atomic E-state index is 0.0626. The first kappa shape index (κ1) is 65.4. The lowest BCUT2D eigenvalue weighted by Gasteiger charge is -2.18. The molecule has 67 heavy (non-hydrogen) atoms. The summed E-state index contributed by atoms with van der Waals surface area (Å²) in [5.41, 5.74) is 0. The van der Waals surface area contributed by atoms with Gasteiger partial charge in [-0.1, -0.05) is 304 Å². The van der Waals surface area contributed by atoms with Gasteiger partial charge in [0.15, 0.2) is 6.10 Å². The van der Waals surface area contributed by atoms with E-state index < -0.39 is 6.10 Å². The Morgan fingerprint density at radius 2 is 0.493 bits per heavy atom. The monoisotopic (exact) mass is 947 g/mol. The molecule has 398 valence electrons. The van der Waals surface area contributed by atoms with Crippen molar-refractivity contribution < 1.29 is 28.6 Å². The van der Waals surface area contributed by atoms with Crippen molar-refractivity contribution >= 4 is 17.9 Å². The number of hydrogen-bond donors (Lipinski definition) is 0. The van der Waals surface area contributed by atoms with Crippen LogP contribution in [0.5, 0.6) is 0 Å². The zero-order valence-electron chi connectivity index (χ0n) is 46.0. The Bertz CT molecular complexity index is 1020. The molecule has 6 nitrogen and oxygen atoms in total. The van der Waals surface area contributed by atoms with E-state index in [0.29, 0.717) is 19.3 Å². The molecule has 0 saturated carbocycles. The number of hydrogen-bond acceptors (Lipinski definition) is 6. The van der Waals surface area contributed by atoms with Gasteiger partial charge in [-0.15, -0.1) is 0 Å². The molecule has 6 heteroatoms. The minimum Gasteiger partial charge on any atom is -0.462 e. The molecule has 0 radical (unpaired) electrons. The highest BCUT2D eigenvalue weighted by Crippen LogP contribution is 2.18. The van der Waals surface area contributed by atoms with Crippen LogP contribution in [0.25, 0.3) is 0 Å². The Labute approximate surface area is 418 Å². The molecule has 0 aromatic carbocycles. The Morgan fingerprint density at radius 1 is 0.284 bits per heavy atom. The normalized spacial score (nSPS) is 12.0. The minimum atomic E-state index is -0.763. The summed E-state index contributed by atoms with van der Waals surface area (Å²) in [6.07, 6.45) is 58.1. The van der Waals surface area contributed by atoms with Crippen molar-refractivity contribution in [3.8, 4) is 0 Å². The van der Waals surface area contributed by atoms with E-state index in [1.807, 2.05) is 0 Å². The van der Waals surface area contributed by atoms with Crippen molar-refractivity contribution in [3.63, 3.8) is 0 Å². The molecule has 0 aromatic rings. The smallest absolute Gasteiger partial charge is 0.306 e. The highest BCUT2D eigenvalue weighted by Gasteiger charge is 2.19. The molecule has 0 heterocycles. The third-order valence-electron chi connectivity index (χ3n) is 14.0. The van der Waals surface area contributed by atoms with Crippen LogP contribution in [0.4, 0.5) is 0 Å². The van der Waals surface area contributed by atoms with Gasteiger partial charge in [0.25, 0.3) is 0 Å². The quantitative estimate of drug-likeness (QED) is 0.0343. The Hall–Kier alpha value is -1.59. The summed E-state index contributed by atoms with van der Waals surface area (Å²) in [4.78, 5) is 38.2. The van der Waals surface area contributed by atoms with Gasteiger partial charge in [0.1, 0.15) is 13.2 Å². The summed E-state index contributed by atoms with van der Waals surface area (Å²) in [5.74, 6) is 0.826. The van der Waals surface area contributed by atoms with E-state index in [9.17, 15) is 14.4 Å². The van der Waals surface area contributed by atoms with Crippen LogP contribution in [-0.4, -0.2) is 37.2 Å². The topological polar surface area (TPSA) is 78.9 Å². The van der Waals surface area contributed by atoms with E-state index in [1.54, 1.807) is 0 Å². The fourth-order valence-corrected chi connectivity index (χ4v) is 9.40. The standard InChI is InChI=1S/C61H118O6/c1-6-7-8-9-10-11-12-13-14-15-16-17-18-23-26-33-38-43-48-53-61(64)67-58(55-66-60(63)52-47-42-37-32-28-27-30-35-40-45-50-57(4)5)54-65-59(62)51-46-41-36-31-25-22-20-19-21-24-29-34-39-44-49-56(2)3/h56-58H,6-55H2,1-5H3/t58-/m1/s1. The number of esters is 3. The van der Waals surface area contributed by atoms with Crippen LogP contribution in [0.1, 0.15) is 343 Å². The van der Waals surface area contributed by atoms with Gasteiger partial charge in [-0.05, 0) is 31.1 Å². The average molecular weight is 948 g/mol. The molecule has 0 aromatic heterocycles. The van der Waals surface area contributed by atoms with Gasteiger partial charge in [0, 0.05) is 19.3 Å². The number of carbonyl (C=O) groups is 3. The SMILES string of the molecule is CCCCCCCCCCCCCCCCCCCCCC(=O)O[C@H](COC(=O)CCCCCCCCCCCCCCCCC(C)C)COC(=O)CCCCCCCCCCCCC(C)C. The predicted molar refractivity (Wildman–Crippen MR) is 289 cm³/mol. The van der Waals surface area contributed by atoms with Crippen molar-refractivity contribution in [2.75, 3.05) is 13.2 Å². The average Bonchev–Trinajstić information content (AvgIpc) is 3.30. The lowest BCUT2D eigenvalue weighted by molar-refractivity contribution is -0.167. The predicted octanol–water partition coefficient (Wildman–Crippen LogP) is 20.0. The highest BCUT2D eigenvalue weighted by molar-refractivity contribution is 5.71. The molecule has 0 unspecified atom stereocenters. The Balaban J connectivity index is 4.28. The van der Waals surface area contributed by atoms with Gasteiger partial charge in [0.2, 0.25) is 0 Å². The molecule has 0 amide bonds. The molecular weight excluding hydrogens is 829 g/mol. The first-order valence-electron chi connectivity index (χ1n) is 30.2. The number of carbonyl (C=O) groups excluding carboxylic acids is 3. The molecule has 0 fully saturated rings. The number of rotatable bonds is 55. The van der Waals surface area contributed by atoms with Crippen molar-refractivity contribution in [1.82, 2.24) is 0 Å². The molecule has 1 atom stereocenters. The van der Waals surface area contributed by atoms with Crippen LogP contribution in [0.3, 0.4) is 0 Å². The van der Waals surface area contributed by atoms with Crippen molar-refractivity contribution in [2.45, 2.75) is 349 Å². The van der Waals surface area contributed by atoms with Crippen molar-refractivity contribution in [3.05, 3.63) is 0 Å². The summed E-state index contributed by atoms with van der Waals surface area (Å²) in [5, 5.41) is 0. The molecule has 0 N–H and O–H groups in total. The molecule has 0 aliphatic rings. The van der Waals surface area contributed by atoms with Crippen LogP contribution in [0, 0.1) is 11.8 Å². The summed E-state index contributed by atoms with van der Waals surface area (Å²) in [7, 11) is 0. The van der Waals surface area contributed by atoms with Crippen LogP contribution < -0.4 is 0 Å². The fourth-order valence-electron chi connectivity index (χ4n) is 9.40. The maximum atomic E-state index is 12.9. The molecule has 0 spiro atoms.